The van der Waals surface area contributed by atoms with Gasteiger partial charge in [0.05, 0.1) is 6.04 Å². The van der Waals surface area contributed by atoms with Crippen LogP contribution in [0.1, 0.15) is 37.1 Å². The number of nitrogens with one attached hydrogen (secondary N) is 3. The number of hydrogen-bond donors (Lipinski definition) is 3. The van der Waals surface area contributed by atoms with Crippen molar-refractivity contribution in [2.45, 2.75) is 38.5 Å². The average molecular weight is 407 g/mol. The van der Waals surface area contributed by atoms with Crippen LogP contribution < -0.4 is 16.0 Å². The first-order valence-electron chi connectivity index (χ1n) is 10.1. The summed E-state index contributed by atoms with van der Waals surface area (Å²) in [6.07, 6.45) is 1.28. The minimum absolute atomic E-state index is 0.130. The van der Waals surface area contributed by atoms with Gasteiger partial charge in [-0.1, -0.05) is 30.3 Å². The number of benzene rings is 2. The number of furan rings is 1. The fourth-order valence-corrected chi connectivity index (χ4v) is 3.48. The first-order valence-corrected chi connectivity index (χ1v) is 10.1. The third-order valence-corrected chi connectivity index (χ3v) is 5.09. The van der Waals surface area contributed by atoms with Gasteiger partial charge in [0, 0.05) is 24.2 Å². The van der Waals surface area contributed by atoms with Gasteiger partial charge >= 0.3 is 6.03 Å². The summed E-state index contributed by atoms with van der Waals surface area (Å²) < 4.78 is 11.2. The van der Waals surface area contributed by atoms with Crippen LogP contribution in [0.3, 0.4) is 0 Å². The summed E-state index contributed by atoms with van der Waals surface area (Å²) in [6.45, 7) is 2.84. The maximum absolute atomic E-state index is 12.3. The summed E-state index contributed by atoms with van der Waals surface area (Å²) in [4.78, 5) is 24.5. The Kier molecular flexibility index (Phi) is 5.99. The molecule has 0 aliphatic carbocycles. The highest BCUT2D eigenvalue weighted by Gasteiger charge is 2.23. The van der Waals surface area contributed by atoms with Crippen molar-refractivity contribution in [3.63, 3.8) is 0 Å². The van der Waals surface area contributed by atoms with Gasteiger partial charge in [0.2, 0.25) is 0 Å². The van der Waals surface area contributed by atoms with Crippen LogP contribution in [0, 0.1) is 0 Å². The molecule has 7 nitrogen and oxygen atoms in total. The van der Waals surface area contributed by atoms with E-state index in [1.54, 1.807) is 0 Å². The van der Waals surface area contributed by atoms with E-state index < -0.39 is 0 Å². The number of carbonyl (C=O) groups excluding carboxylic acids is 2. The molecular weight excluding hydrogens is 382 g/mol. The van der Waals surface area contributed by atoms with Crippen molar-refractivity contribution in [2.24, 2.45) is 0 Å². The molecule has 0 bridgehead atoms. The van der Waals surface area contributed by atoms with Crippen molar-refractivity contribution in [3.05, 3.63) is 65.9 Å². The van der Waals surface area contributed by atoms with Crippen molar-refractivity contribution in [3.8, 4) is 0 Å². The van der Waals surface area contributed by atoms with E-state index in [1.165, 1.54) is 0 Å². The molecular formula is C23H25N3O4. The molecule has 1 saturated heterocycles. The zero-order valence-corrected chi connectivity index (χ0v) is 16.8. The van der Waals surface area contributed by atoms with E-state index in [9.17, 15) is 9.59 Å². The summed E-state index contributed by atoms with van der Waals surface area (Å²) in [7, 11) is 0. The third-order valence-electron chi connectivity index (χ3n) is 5.09. The molecule has 3 amide bonds. The number of anilines is 1. The van der Waals surface area contributed by atoms with Crippen LogP contribution >= 0.6 is 0 Å². The molecule has 1 aliphatic rings. The molecule has 1 aliphatic heterocycles. The van der Waals surface area contributed by atoms with E-state index in [-0.39, 0.29) is 24.1 Å². The molecule has 0 saturated carbocycles. The van der Waals surface area contributed by atoms with E-state index in [1.807, 2.05) is 61.5 Å². The topological polar surface area (TPSA) is 92.6 Å². The highest BCUT2D eigenvalue weighted by Crippen LogP contribution is 2.23. The van der Waals surface area contributed by atoms with Gasteiger partial charge in [-0.3, -0.25) is 4.79 Å². The lowest BCUT2D eigenvalue weighted by Crippen LogP contribution is -2.36. The van der Waals surface area contributed by atoms with Crippen LogP contribution in [0.5, 0.6) is 0 Å². The molecule has 0 spiro atoms. The highest BCUT2D eigenvalue weighted by molar-refractivity contribution is 5.94. The first-order chi connectivity index (χ1) is 14.6. The highest BCUT2D eigenvalue weighted by atomic mass is 16.5. The molecule has 2 aromatic carbocycles. The molecule has 1 fully saturated rings. The van der Waals surface area contributed by atoms with E-state index in [4.69, 9.17) is 9.15 Å². The Bertz CT molecular complexity index is 1010. The average Bonchev–Trinajstić information content (AvgIpc) is 3.42. The quantitative estimate of drug-likeness (QED) is 0.573. The van der Waals surface area contributed by atoms with E-state index in [2.05, 4.69) is 16.0 Å². The normalized spacial score (nSPS) is 16.9. The summed E-state index contributed by atoms with van der Waals surface area (Å²) in [5.41, 5.74) is 2.36. The Balaban J connectivity index is 1.29. The molecule has 2 atom stereocenters. The second-order valence-electron chi connectivity index (χ2n) is 7.43. The molecule has 4 rings (SSSR count). The molecule has 30 heavy (non-hydrogen) atoms. The van der Waals surface area contributed by atoms with Crippen LogP contribution in [-0.4, -0.2) is 24.6 Å². The van der Waals surface area contributed by atoms with Gasteiger partial charge in [0.1, 0.15) is 17.4 Å². The van der Waals surface area contributed by atoms with Crippen molar-refractivity contribution in [1.29, 1.82) is 0 Å². The van der Waals surface area contributed by atoms with E-state index in [0.717, 1.165) is 29.4 Å². The predicted molar refractivity (Wildman–Crippen MR) is 114 cm³/mol. The smallest absolute Gasteiger partial charge is 0.315 e. The van der Waals surface area contributed by atoms with Crippen LogP contribution in [-0.2, 0) is 16.1 Å². The standard InChI is InChI=1S/C23H25N3O4/c1-15(21-13-17-7-2-3-9-19(17)30-21)25-23(28)24-14-16-6-4-8-18(12-16)26-22(27)20-10-5-11-29-20/h2-4,6-9,12-13,15,20H,5,10-11,14H2,1H3,(H,26,27)(H2,24,25,28). The number of ether oxygens (including phenoxy) is 1. The van der Waals surface area contributed by atoms with Crippen LogP contribution in [0.2, 0.25) is 0 Å². The predicted octanol–water partition coefficient (Wildman–Crippen LogP) is 4.11. The Morgan fingerprint density at radius 1 is 1.13 bits per heavy atom. The van der Waals surface area contributed by atoms with Crippen molar-refractivity contribution < 1.29 is 18.7 Å². The molecule has 2 unspecified atom stereocenters. The fourth-order valence-electron chi connectivity index (χ4n) is 3.48. The van der Waals surface area contributed by atoms with Crippen LogP contribution in [0.4, 0.5) is 10.5 Å². The Hall–Kier alpha value is -3.32. The summed E-state index contributed by atoms with van der Waals surface area (Å²) in [5.74, 6) is 0.570. The number of hydrogen-bond acceptors (Lipinski definition) is 4. The lowest BCUT2D eigenvalue weighted by molar-refractivity contribution is -0.124. The SMILES string of the molecule is CC(NC(=O)NCc1cccc(NC(=O)C2CCCO2)c1)c1cc2ccccc2o1. The van der Waals surface area contributed by atoms with Gasteiger partial charge in [-0.25, -0.2) is 4.79 Å². The maximum Gasteiger partial charge on any atom is 0.315 e. The van der Waals surface area contributed by atoms with Crippen molar-refractivity contribution in [1.82, 2.24) is 10.6 Å². The minimum atomic E-state index is -0.378. The minimum Gasteiger partial charge on any atom is -0.459 e. The van der Waals surface area contributed by atoms with Crippen molar-refractivity contribution >= 4 is 28.6 Å². The summed E-state index contributed by atoms with van der Waals surface area (Å²) >= 11 is 0. The lowest BCUT2D eigenvalue weighted by Gasteiger charge is -2.14. The largest absolute Gasteiger partial charge is 0.459 e. The zero-order valence-electron chi connectivity index (χ0n) is 16.8. The van der Waals surface area contributed by atoms with Gasteiger partial charge < -0.3 is 25.1 Å². The molecule has 3 N–H and O–H groups in total. The molecule has 0 radical (unpaired) electrons. The van der Waals surface area contributed by atoms with E-state index in [0.29, 0.717) is 24.6 Å². The first kappa shape index (κ1) is 20.0. The molecule has 3 aromatic rings. The second-order valence-corrected chi connectivity index (χ2v) is 7.43. The molecule has 1 aromatic heterocycles. The molecule has 156 valence electrons. The number of fused-ring (bicyclic) bond motifs is 1. The number of carbonyl (C=O) groups is 2. The monoisotopic (exact) mass is 407 g/mol. The number of para-hydroxylation sites is 1. The summed E-state index contributed by atoms with van der Waals surface area (Å²) in [6, 6.07) is 16.5. The maximum atomic E-state index is 12.3. The Morgan fingerprint density at radius 2 is 2.00 bits per heavy atom. The lowest BCUT2D eigenvalue weighted by atomic mass is 10.2. The Labute approximate surface area is 174 Å². The van der Waals surface area contributed by atoms with Gasteiger partial charge in [0.15, 0.2) is 0 Å². The zero-order chi connectivity index (χ0) is 20.9. The van der Waals surface area contributed by atoms with E-state index >= 15 is 0 Å². The molecule has 2 heterocycles. The summed E-state index contributed by atoms with van der Waals surface area (Å²) in [5, 5.41) is 9.60. The van der Waals surface area contributed by atoms with Crippen molar-refractivity contribution in [2.75, 3.05) is 11.9 Å². The van der Waals surface area contributed by atoms with Gasteiger partial charge in [-0.2, -0.15) is 0 Å². The fraction of sp³-hybridized carbons (Fsp3) is 0.304. The third kappa shape index (κ3) is 4.80. The van der Waals surface area contributed by atoms with Crippen LogP contribution in [0.25, 0.3) is 11.0 Å². The molecule has 7 heteroatoms. The second kappa shape index (κ2) is 9.00. The number of rotatable bonds is 6. The van der Waals surface area contributed by atoms with Crippen LogP contribution in [0.15, 0.2) is 59.0 Å². The number of urea groups is 1. The number of amides is 3. The van der Waals surface area contributed by atoms with Gasteiger partial charge in [0.25, 0.3) is 5.91 Å². The van der Waals surface area contributed by atoms with Gasteiger partial charge in [-0.15, -0.1) is 0 Å². The van der Waals surface area contributed by atoms with Gasteiger partial charge in [-0.05, 0) is 49.6 Å². The Morgan fingerprint density at radius 3 is 2.80 bits per heavy atom.